The number of rotatable bonds is 30. The van der Waals surface area contributed by atoms with Crippen molar-refractivity contribution in [3.63, 3.8) is 0 Å². The molecule has 9 nitrogen and oxygen atoms in total. The van der Waals surface area contributed by atoms with E-state index in [4.69, 9.17) is 42.6 Å². The van der Waals surface area contributed by atoms with Gasteiger partial charge in [-0.25, -0.2) is 0 Å². The Balaban J connectivity index is 3.00. The average molecular weight is 497 g/mol. The largest absolute Gasteiger partial charge is 0.379 e. The van der Waals surface area contributed by atoms with Gasteiger partial charge in [-0.1, -0.05) is 26.2 Å². The van der Waals surface area contributed by atoms with Gasteiger partial charge in [0.2, 0.25) is 0 Å². The highest BCUT2D eigenvalue weighted by Gasteiger charge is 1.96. The van der Waals surface area contributed by atoms with Crippen molar-refractivity contribution in [1.82, 2.24) is 0 Å². The lowest BCUT2D eigenvalue weighted by molar-refractivity contribution is -0.0269. The molecule has 0 N–H and O–H groups in total. The van der Waals surface area contributed by atoms with Crippen LogP contribution in [0.15, 0.2) is 0 Å². The standard InChI is InChI=1S/C25H52O9/c1-4-5-6-7-8-26-9-10-27-11-12-28-13-14-29-15-16-30-17-18-31-19-20-32-21-22-33-23-24-34-25(2)3/h25H,4-24H2,1-3H3. The van der Waals surface area contributed by atoms with Gasteiger partial charge < -0.3 is 42.6 Å². The van der Waals surface area contributed by atoms with Crippen molar-refractivity contribution in [2.24, 2.45) is 0 Å². The number of hydrogen-bond donors (Lipinski definition) is 0. The van der Waals surface area contributed by atoms with E-state index in [1.807, 2.05) is 13.8 Å². The van der Waals surface area contributed by atoms with Crippen LogP contribution in [-0.2, 0) is 42.6 Å². The van der Waals surface area contributed by atoms with Crippen molar-refractivity contribution in [1.29, 1.82) is 0 Å². The molecule has 0 bridgehead atoms. The van der Waals surface area contributed by atoms with Gasteiger partial charge >= 0.3 is 0 Å². The predicted molar refractivity (Wildman–Crippen MR) is 132 cm³/mol. The van der Waals surface area contributed by atoms with Gasteiger partial charge in [0.25, 0.3) is 0 Å². The van der Waals surface area contributed by atoms with E-state index in [0.29, 0.717) is 106 Å². The summed E-state index contributed by atoms with van der Waals surface area (Å²) in [6, 6.07) is 0. The molecular weight excluding hydrogens is 444 g/mol. The molecule has 0 radical (unpaired) electrons. The maximum atomic E-state index is 5.51. The molecule has 0 aromatic heterocycles. The Labute approximate surface area is 208 Å². The molecule has 0 saturated heterocycles. The first kappa shape index (κ1) is 33.6. The molecule has 9 heteroatoms. The molecule has 0 aromatic rings. The minimum atomic E-state index is 0.241. The smallest absolute Gasteiger partial charge is 0.0703 e. The van der Waals surface area contributed by atoms with Gasteiger partial charge in [0.1, 0.15) is 0 Å². The van der Waals surface area contributed by atoms with E-state index in [2.05, 4.69) is 6.92 Å². The summed E-state index contributed by atoms with van der Waals surface area (Å²) in [6.45, 7) is 16.2. The van der Waals surface area contributed by atoms with Gasteiger partial charge in [-0.05, 0) is 20.3 Å². The lowest BCUT2D eigenvalue weighted by Gasteiger charge is -2.09. The normalized spacial score (nSPS) is 11.6. The molecule has 0 aliphatic heterocycles. The Kier molecular flexibility index (Phi) is 30.3. The van der Waals surface area contributed by atoms with Crippen molar-refractivity contribution in [2.45, 2.75) is 52.6 Å². The van der Waals surface area contributed by atoms with E-state index >= 15 is 0 Å². The Bertz CT molecular complexity index is 359. The lowest BCUT2D eigenvalue weighted by Crippen LogP contribution is -2.15. The quantitative estimate of drug-likeness (QED) is 0.139. The van der Waals surface area contributed by atoms with Crippen LogP contribution < -0.4 is 0 Å². The van der Waals surface area contributed by atoms with Gasteiger partial charge in [0, 0.05) is 6.61 Å². The number of ether oxygens (including phenoxy) is 9. The van der Waals surface area contributed by atoms with Gasteiger partial charge in [-0.2, -0.15) is 0 Å². The first-order chi connectivity index (χ1) is 16.8. The number of unbranched alkanes of at least 4 members (excludes halogenated alkanes) is 3. The Hall–Kier alpha value is -0.360. The molecule has 0 aromatic carbocycles. The van der Waals surface area contributed by atoms with Crippen LogP contribution in [0.4, 0.5) is 0 Å². The molecule has 0 amide bonds. The summed E-state index contributed by atoms with van der Waals surface area (Å²) < 4.78 is 49.0. The maximum Gasteiger partial charge on any atom is 0.0703 e. The van der Waals surface area contributed by atoms with Crippen LogP contribution in [0, 0.1) is 0 Å². The van der Waals surface area contributed by atoms with E-state index in [0.717, 1.165) is 13.0 Å². The Morgan fingerprint density at radius 3 is 0.941 bits per heavy atom. The molecule has 0 fully saturated rings. The van der Waals surface area contributed by atoms with Gasteiger partial charge in [-0.3, -0.25) is 0 Å². The van der Waals surface area contributed by atoms with E-state index in [1.54, 1.807) is 0 Å². The zero-order chi connectivity index (χ0) is 24.8. The minimum Gasteiger partial charge on any atom is -0.379 e. The van der Waals surface area contributed by atoms with Crippen LogP contribution in [0.3, 0.4) is 0 Å². The second kappa shape index (κ2) is 30.7. The number of hydrogen-bond acceptors (Lipinski definition) is 9. The summed E-state index contributed by atoms with van der Waals surface area (Å²) in [6.07, 6.45) is 5.16. The molecule has 206 valence electrons. The summed E-state index contributed by atoms with van der Waals surface area (Å²) >= 11 is 0. The zero-order valence-corrected chi connectivity index (χ0v) is 22.1. The highest BCUT2D eigenvalue weighted by Crippen LogP contribution is 1.98. The first-order valence-electron chi connectivity index (χ1n) is 13.0. The van der Waals surface area contributed by atoms with E-state index in [1.165, 1.54) is 19.3 Å². The minimum absolute atomic E-state index is 0.241. The predicted octanol–water partition coefficient (Wildman–Crippen LogP) is 3.12. The molecule has 0 atom stereocenters. The van der Waals surface area contributed by atoms with Gasteiger partial charge in [-0.15, -0.1) is 0 Å². The molecular formula is C25H52O9. The van der Waals surface area contributed by atoms with Crippen molar-refractivity contribution < 1.29 is 42.6 Å². The molecule has 0 aliphatic rings. The third-order valence-corrected chi connectivity index (χ3v) is 4.43. The van der Waals surface area contributed by atoms with Crippen LogP contribution in [0.5, 0.6) is 0 Å². The van der Waals surface area contributed by atoms with Crippen LogP contribution in [0.2, 0.25) is 0 Å². The third-order valence-electron chi connectivity index (χ3n) is 4.43. The summed E-state index contributed by atoms with van der Waals surface area (Å²) in [5.41, 5.74) is 0. The molecule has 0 unspecified atom stereocenters. The third kappa shape index (κ3) is 31.6. The fourth-order valence-corrected chi connectivity index (χ4v) is 2.62. The van der Waals surface area contributed by atoms with Crippen molar-refractivity contribution in [3.05, 3.63) is 0 Å². The van der Waals surface area contributed by atoms with Crippen molar-refractivity contribution in [3.8, 4) is 0 Å². The molecule has 0 saturated carbocycles. The second-order valence-corrected chi connectivity index (χ2v) is 7.88. The monoisotopic (exact) mass is 496 g/mol. The topological polar surface area (TPSA) is 83.1 Å². The first-order valence-corrected chi connectivity index (χ1v) is 13.0. The lowest BCUT2D eigenvalue weighted by atomic mass is 10.2. The van der Waals surface area contributed by atoms with Crippen molar-refractivity contribution in [2.75, 3.05) is 112 Å². The molecule has 0 rings (SSSR count). The highest BCUT2D eigenvalue weighted by atomic mass is 16.6. The van der Waals surface area contributed by atoms with Crippen LogP contribution in [-0.4, -0.2) is 118 Å². The van der Waals surface area contributed by atoms with E-state index in [9.17, 15) is 0 Å². The Morgan fingerprint density at radius 1 is 0.353 bits per heavy atom. The molecule has 34 heavy (non-hydrogen) atoms. The fraction of sp³-hybridized carbons (Fsp3) is 1.00. The summed E-state index contributed by atoms with van der Waals surface area (Å²) in [5, 5.41) is 0. The average Bonchev–Trinajstić information content (AvgIpc) is 2.83. The second-order valence-electron chi connectivity index (χ2n) is 7.88. The molecule has 0 spiro atoms. The fourth-order valence-electron chi connectivity index (χ4n) is 2.62. The van der Waals surface area contributed by atoms with E-state index in [-0.39, 0.29) is 6.10 Å². The molecule has 0 aliphatic carbocycles. The van der Waals surface area contributed by atoms with Gasteiger partial charge in [0.15, 0.2) is 0 Å². The van der Waals surface area contributed by atoms with Crippen LogP contribution >= 0.6 is 0 Å². The summed E-state index contributed by atoms with van der Waals surface area (Å²) in [7, 11) is 0. The van der Waals surface area contributed by atoms with Crippen molar-refractivity contribution >= 4 is 0 Å². The summed E-state index contributed by atoms with van der Waals surface area (Å²) in [5.74, 6) is 0. The Morgan fingerprint density at radius 2 is 0.647 bits per heavy atom. The SMILES string of the molecule is CCCCCCOCCOCCOCCOCCOCCOCCOCCOCCOC(C)C. The molecule has 0 heterocycles. The highest BCUT2D eigenvalue weighted by molar-refractivity contribution is 4.41. The zero-order valence-electron chi connectivity index (χ0n) is 22.1. The van der Waals surface area contributed by atoms with Gasteiger partial charge in [0.05, 0.1) is 112 Å². The summed E-state index contributed by atoms with van der Waals surface area (Å²) in [4.78, 5) is 0. The van der Waals surface area contributed by atoms with E-state index < -0.39 is 0 Å². The van der Waals surface area contributed by atoms with Crippen LogP contribution in [0.25, 0.3) is 0 Å². The van der Waals surface area contributed by atoms with Crippen LogP contribution in [0.1, 0.15) is 46.5 Å². The maximum absolute atomic E-state index is 5.51.